The molecule has 1 heterocycles. The third-order valence-corrected chi connectivity index (χ3v) is 4.89. The number of hydrogen-bond donors (Lipinski definition) is 1. The number of rotatable bonds is 6. The third-order valence-electron chi connectivity index (χ3n) is 3.90. The van der Waals surface area contributed by atoms with E-state index in [0.717, 1.165) is 21.9 Å². The fourth-order valence-electron chi connectivity index (χ4n) is 2.34. The van der Waals surface area contributed by atoms with Gasteiger partial charge in [0.05, 0.1) is 10.7 Å². The van der Waals surface area contributed by atoms with Crippen LogP contribution >= 0.6 is 24.2 Å². The summed E-state index contributed by atoms with van der Waals surface area (Å²) in [5.74, 6) is -1.70. The van der Waals surface area contributed by atoms with Gasteiger partial charge in [-0.05, 0) is 13.0 Å². The van der Waals surface area contributed by atoms with Crippen LogP contribution in [0.4, 0.5) is 19.7 Å². The van der Waals surface area contributed by atoms with Crippen molar-refractivity contribution in [2.75, 3.05) is 25.6 Å². The molecule has 4 amide bonds. The molecule has 0 aliphatic carbocycles. The average Bonchev–Trinajstić information content (AvgIpc) is 2.66. The van der Waals surface area contributed by atoms with E-state index in [1.54, 1.807) is 0 Å². The predicted octanol–water partition coefficient (Wildman–Crippen LogP) is 3.11. The van der Waals surface area contributed by atoms with E-state index in [2.05, 4.69) is 19.2 Å². The van der Waals surface area contributed by atoms with Crippen LogP contribution in [0.15, 0.2) is 24.8 Å². The number of ether oxygens (including phenoxy) is 2. The fourth-order valence-corrected chi connectivity index (χ4v) is 2.73. The maximum Gasteiger partial charge on any atom is 0.347 e. The molecule has 2 rings (SSSR count). The number of carbonyl (C=O) groups is 3. The molecule has 8 nitrogen and oxygen atoms in total. The SMILES string of the molecule is C=CCOC(=O)[C@@H](C)Oc1cc(N2C(=O)N(C)C(S)N(C)C2=O)c(F)cc1Cl. The zero-order valence-electron chi connectivity index (χ0n) is 15.4. The number of amides is 4. The largest absolute Gasteiger partial charge is 0.477 e. The summed E-state index contributed by atoms with van der Waals surface area (Å²) in [6.07, 6.45) is 0.318. The van der Waals surface area contributed by atoms with Gasteiger partial charge in [-0.15, -0.1) is 12.6 Å². The summed E-state index contributed by atoms with van der Waals surface area (Å²) in [7, 11) is 2.83. The highest BCUT2D eigenvalue weighted by atomic mass is 35.5. The van der Waals surface area contributed by atoms with Crippen molar-refractivity contribution < 1.29 is 28.2 Å². The second-order valence-corrected chi connectivity index (χ2v) is 6.75. The first kappa shape index (κ1) is 21.8. The zero-order chi connectivity index (χ0) is 21.2. The van der Waals surface area contributed by atoms with Crippen LogP contribution in [0.1, 0.15) is 6.92 Å². The van der Waals surface area contributed by atoms with Crippen molar-refractivity contribution in [1.29, 1.82) is 0 Å². The summed E-state index contributed by atoms with van der Waals surface area (Å²) in [5.41, 5.74) is -1.18. The first-order valence-corrected chi connectivity index (χ1v) is 8.94. The number of nitrogens with zero attached hydrogens (tertiary/aromatic N) is 3. The molecule has 1 aliphatic heterocycles. The van der Waals surface area contributed by atoms with E-state index in [4.69, 9.17) is 21.1 Å². The number of imide groups is 1. The number of esters is 1. The number of halogens is 2. The van der Waals surface area contributed by atoms with Crippen molar-refractivity contribution in [2.24, 2.45) is 0 Å². The lowest BCUT2D eigenvalue weighted by Crippen LogP contribution is -2.62. The Morgan fingerprint density at radius 2 is 1.93 bits per heavy atom. The van der Waals surface area contributed by atoms with Gasteiger partial charge in [0.1, 0.15) is 18.2 Å². The van der Waals surface area contributed by atoms with Crippen LogP contribution < -0.4 is 9.64 Å². The van der Waals surface area contributed by atoms with E-state index < -0.39 is 35.5 Å². The minimum atomic E-state index is -1.07. The second-order valence-electron chi connectivity index (χ2n) is 5.88. The summed E-state index contributed by atoms with van der Waals surface area (Å²) in [6, 6.07) is 0.398. The molecule has 1 aromatic rings. The van der Waals surface area contributed by atoms with Gasteiger partial charge >= 0.3 is 18.0 Å². The Morgan fingerprint density at radius 1 is 1.36 bits per heavy atom. The molecule has 11 heteroatoms. The molecule has 0 spiro atoms. The van der Waals surface area contributed by atoms with E-state index >= 15 is 0 Å². The van der Waals surface area contributed by atoms with Crippen molar-refractivity contribution in [1.82, 2.24) is 9.80 Å². The lowest BCUT2D eigenvalue weighted by atomic mass is 10.2. The molecule has 0 bridgehead atoms. The normalized spacial score (nSPS) is 16.3. The van der Waals surface area contributed by atoms with Crippen molar-refractivity contribution >= 4 is 47.9 Å². The molecule has 28 heavy (non-hydrogen) atoms. The Balaban J connectivity index is 2.37. The van der Waals surface area contributed by atoms with Crippen molar-refractivity contribution in [3.8, 4) is 5.75 Å². The minimum Gasteiger partial charge on any atom is -0.477 e. The molecule has 1 fully saturated rings. The zero-order valence-corrected chi connectivity index (χ0v) is 17.0. The number of carbonyl (C=O) groups excluding carboxylic acids is 3. The lowest BCUT2D eigenvalue weighted by Gasteiger charge is -2.41. The Bertz CT molecular complexity index is 802. The third kappa shape index (κ3) is 4.17. The highest BCUT2D eigenvalue weighted by molar-refractivity contribution is 7.80. The van der Waals surface area contributed by atoms with Gasteiger partial charge in [0.15, 0.2) is 11.6 Å². The number of thiol groups is 1. The van der Waals surface area contributed by atoms with Gasteiger partial charge in [-0.1, -0.05) is 24.3 Å². The van der Waals surface area contributed by atoms with E-state index in [-0.39, 0.29) is 23.1 Å². The minimum absolute atomic E-state index is 0.00468. The molecule has 1 atom stereocenters. The first-order valence-electron chi connectivity index (χ1n) is 8.05. The Kier molecular flexibility index (Phi) is 6.78. The van der Waals surface area contributed by atoms with Crippen LogP contribution in [0.5, 0.6) is 5.75 Å². The molecule has 1 aliphatic rings. The summed E-state index contributed by atoms with van der Waals surface area (Å²) in [6.45, 7) is 4.84. The van der Waals surface area contributed by atoms with Gasteiger partial charge in [0, 0.05) is 20.2 Å². The van der Waals surface area contributed by atoms with E-state index in [9.17, 15) is 18.8 Å². The molecular formula is C17H19ClFN3O5S. The predicted molar refractivity (Wildman–Crippen MR) is 104 cm³/mol. The number of anilines is 1. The van der Waals surface area contributed by atoms with E-state index in [1.807, 2.05) is 0 Å². The van der Waals surface area contributed by atoms with E-state index in [0.29, 0.717) is 4.90 Å². The number of benzene rings is 1. The quantitative estimate of drug-likeness (QED) is 0.425. The molecule has 1 saturated heterocycles. The maximum atomic E-state index is 14.5. The van der Waals surface area contributed by atoms with Crippen molar-refractivity contribution in [3.05, 3.63) is 35.6 Å². The van der Waals surface area contributed by atoms with Crippen LogP contribution in [-0.2, 0) is 9.53 Å². The van der Waals surface area contributed by atoms with Gasteiger partial charge in [-0.25, -0.2) is 23.7 Å². The van der Waals surface area contributed by atoms with Gasteiger partial charge in [0.2, 0.25) is 0 Å². The second kappa shape index (κ2) is 8.70. The monoisotopic (exact) mass is 431 g/mol. The molecule has 1 aromatic carbocycles. The highest BCUT2D eigenvalue weighted by Gasteiger charge is 2.41. The number of hydrogen-bond acceptors (Lipinski definition) is 6. The topological polar surface area (TPSA) is 79.4 Å². The molecule has 152 valence electrons. The summed E-state index contributed by atoms with van der Waals surface area (Å²) in [4.78, 5) is 39.8. The Morgan fingerprint density at radius 3 is 2.46 bits per heavy atom. The smallest absolute Gasteiger partial charge is 0.347 e. The fraction of sp³-hybridized carbons (Fsp3) is 0.353. The first-order chi connectivity index (χ1) is 13.1. The lowest BCUT2D eigenvalue weighted by molar-refractivity contribution is -0.149. The van der Waals surface area contributed by atoms with Crippen LogP contribution in [-0.4, -0.2) is 60.1 Å². The summed E-state index contributed by atoms with van der Waals surface area (Å²) < 4.78 is 24.8. The van der Waals surface area contributed by atoms with Crippen molar-refractivity contribution in [3.63, 3.8) is 0 Å². The van der Waals surface area contributed by atoms with Crippen LogP contribution in [0.3, 0.4) is 0 Å². The Labute approximate surface area is 171 Å². The van der Waals surface area contributed by atoms with Crippen LogP contribution in [0.2, 0.25) is 5.02 Å². The highest BCUT2D eigenvalue weighted by Crippen LogP contribution is 2.35. The van der Waals surface area contributed by atoms with Crippen LogP contribution in [0.25, 0.3) is 0 Å². The standard InChI is InChI=1S/C17H19ClFN3O5S/c1-5-6-26-14(23)9(2)27-13-8-12(11(19)7-10(13)18)22-15(24)20(3)17(28)21(4)16(22)25/h5,7-9,17,28H,1,6H2,2-4H3/t9-/m1/s1. The van der Waals surface area contributed by atoms with Crippen molar-refractivity contribution in [2.45, 2.75) is 18.5 Å². The Hall–Kier alpha value is -2.46. The molecule has 0 radical (unpaired) electrons. The average molecular weight is 432 g/mol. The van der Waals surface area contributed by atoms with Gasteiger partial charge in [-0.3, -0.25) is 9.80 Å². The maximum absolute atomic E-state index is 14.5. The molecule has 0 saturated carbocycles. The summed E-state index contributed by atoms with van der Waals surface area (Å²) in [5, 5.41) is -0.143. The van der Waals surface area contributed by atoms with Gasteiger partial charge in [-0.2, -0.15) is 0 Å². The van der Waals surface area contributed by atoms with Gasteiger partial charge < -0.3 is 9.47 Å². The molecule has 0 aromatic heterocycles. The van der Waals surface area contributed by atoms with Gasteiger partial charge in [0.25, 0.3) is 0 Å². The molecular weight excluding hydrogens is 413 g/mol. The van der Waals surface area contributed by atoms with E-state index in [1.165, 1.54) is 27.1 Å². The summed E-state index contributed by atoms with van der Waals surface area (Å²) >= 11 is 10.2. The molecule has 0 N–H and O–H groups in total. The van der Waals surface area contributed by atoms with Crippen LogP contribution in [0, 0.1) is 5.82 Å². The molecule has 0 unspecified atom stereocenters. The number of urea groups is 2.